The van der Waals surface area contributed by atoms with E-state index in [1.807, 2.05) is 18.2 Å². The molecule has 0 radical (unpaired) electrons. The summed E-state index contributed by atoms with van der Waals surface area (Å²) >= 11 is 0. The average Bonchev–Trinajstić information content (AvgIpc) is 2.66. The van der Waals surface area contributed by atoms with Gasteiger partial charge in [-0.1, -0.05) is 18.6 Å². The predicted octanol–water partition coefficient (Wildman–Crippen LogP) is 0.593. The summed E-state index contributed by atoms with van der Waals surface area (Å²) in [6, 6.07) is 5.75. The van der Waals surface area contributed by atoms with Crippen LogP contribution in [0.1, 0.15) is 30.4 Å². The van der Waals surface area contributed by atoms with Crippen molar-refractivity contribution in [3.05, 3.63) is 29.3 Å². The lowest BCUT2D eigenvalue weighted by Crippen LogP contribution is -2.51. The Bertz CT molecular complexity index is 535. The van der Waals surface area contributed by atoms with E-state index in [4.69, 9.17) is 5.84 Å². The minimum atomic E-state index is -0.491. The molecule has 0 spiro atoms. The zero-order chi connectivity index (χ0) is 12.8. The van der Waals surface area contributed by atoms with Gasteiger partial charge in [0.25, 0.3) is 0 Å². The highest BCUT2D eigenvalue weighted by atomic mass is 16.2. The maximum absolute atomic E-state index is 12.0. The van der Waals surface area contributed by atoms with Crippen LogP contribution in [0, 0.1) is 0 Å². The van der Waals surface area contributed by atoms with Gasteiger partial charge in [-0.3, -0.25) is 15.0 Å². The van der Waals surface area contributed by atoms with Gasteiger partial charge in [0.1, 0.15) is 0 Å². The van der Waals surface area contributed by atoms with Crippen LogP contribution in [-0.2, 0) is 21.4 Å². The Morgan fingerprint density at radius 2 is 2.17 bits per heavy atom. The van der Waals surface area contributed by atoms with Crippen LogP contribution in [0.4, 0.5) is 5.69 Å². The second kappa shape index (κ2) is 3.81. The number of carbonyl (C=O) groups excluding carboxylic acids is 2. The fraction of sp³-hybridized carbons (Fsp3) is 0.385. The van der Waals surface area contributed by atoms with Crippen molar-refractivity contribution in [3.63, 3.8) is 0 Å². The zero-order valence-electron chi connectivity index (χ0n) is 9.95. The number of hydrogen-bond acceptors (Lipinski definition) is 3. The van der Waals surface area contributed by atoms with E-state index in [-0.39, 0.29) is 11.8 Å². The van der Waals surface area contributed by atoms with E-state index in [1.165, 1.54) is 0 Å². The maximum atomic E-state index is 12.0. The van der Waals surface area contributed by atoms with Gasteiger partial charge in [-0.2, -0.15) is 0 Å². The lowest BCUT2D eigenvalue weighted by atomic mass is 9.63. The molecule has 1 fully saturated rings. The molecular formula is C13H15N3O2. The Morgan fingerprint density at radius 3 is 2.78 bits per heavy atom. The lowest BCUT2D eigenvalue weighted by molar-refractivity contribution is -0.130. The van der Waals surface area contributed by atoms with Crippen molar-refractivity contribution in [1.82, 2.24) is 5.43 Å². The van der Waals surface area contributed by atoms with E-state index in [9.17, 15) is 9.59 Å². The van der Waals surface area contributed by atoms with Crippen molar-refractivity contribution >= 4 is 17.5 Å². The highest BCUT2D eigenvalue weighted by Gasteiger charge is 2.45. The number of carbonyl (C=O) groups is 2. The number of nitrogens with one attached hydrogen (secondary N) is 2. The fourth-order valence-electron chi connectivity index (χ4n) is 2.84. The molecule has 0 bridgehead atoms. The van der Waals surface area contributed by atoms with Crippen molar-refractivity contribution in [2.45, 2.75) is 31.1 Å². The predicted molar refractivity (Wildman–Crippen MR) is 66.6 cm³/mol. The Labute approximate surface area is 105 Å². The van der Waals surface area contributed by atoms with Crippen LogP contribution >= 0.6 is 0 Å². The molecule has 94 valence electrons. The summed E-state index contributed by atoms with van der Waals surface area (Å²) < 4.78 is 0. The molecule has 1 saturated carbocycles. The van der Waals surface area contributed by atoms with Crippen LogP contribution in [0.3, 0.4) is 0 Å². The fourth-order valence-corrected chi connectivity index (χ4v) is 2.84. The second-order valence-electron chi connectivity index (χ2n) is 5.01. The first kappa shape index (κ1) is 11.2. The highest BCUT2D eigenvalue weighted by Crippen LogP contribution is 2.45. The Morgan fingerprint density at radius 1 is 1.39 bits per heavy atom. The number of benzene rings is 1. The molecule has 0 saturated heterocycles. The standard InChI is InChI=1S/C13H15N3O2/c14-16-12(18)13(4-1-5-13)9-2-3-10-8(6-9)7-11(17)15-10/h2-3,6H,1,4-5,7,14H2,(H,15,17)(H,16,18). The molecule has 18 heavy (non-hydrogen) atoms. The first-order chi connectivity index (χ1) is 8.65. The Kier molecular flexibility index (Phi) is 2.38. The number of amides is 2. The van der Waals surface area contributed by atoms with Crippen molar-refractivity contribution in [1.29, 1.82) is 0 Å². The number of fused-ring (bicyclic) bond motifs is 1. The van der Waals surface area contributed by atoms with Crippen LogP contribution in [-0.4, -0.2) is 11.8 Å². The number of rotatable bonds is 2. The summed E-state index contributed by atoms with van der Waals surface area (Å²) in [4.78, 5) is 23.3. The van der Waals surface area contributed by atoms with E-state index in [0.717, 1.165) is 36.1 Å². The summed E-state index contributed by atoms with van der Waals surface area (Å²) in [5.74, 6) is 5.15. The topological polar surface area (TPSA) is 84.2 Å². The van der Waals surface area contributed by atoms with Crippen LogP contribution in [0.5, 0.6) is 0 Å². The third-order valence-corrected chi connectivity index (χ3v) is 4.06. The molecule has 5 nitrogen and oxygen atoms in total. The van der Waals surface area contributed by atoms with E-state index >= 15 is 0 Å². The molecule has 5 heteroatoms. The summed E-state index contributed by atoms with van der Waals surface area (Å²) in [7, 11) is 0. The maximum Gasteiger partial charge on any atom is 0.244 e. The van der Waals surface area contributed by atoms with Crippen molar-refractivity contribution < 1.29 is 9.59 Å². The third-order valence-electron chi connectivity index (χ3n) is 4.06. The minimum Gasteiger partial charge on any atom is -0.326 e. The third kappa shape index (κ3) is 1.44. The molecule has 1 aliphatic carbocycles. The van der Waals surface area contributed by atoms with Gasteiger partial charge in [-0.05, 0) is 30.0 Å². The van der Waals surface area contributed by atoms with Crippen LogP contribution in [0.15, 0.2) is 18.2 Å². The molecule has 1 aromatic rings. The van der Waals surface area contributed by atoms with Gasteiger partial charge in [0.2, 0.25) is 11.8 Å². The minimum absolute atomic E-state index is 0.00749. The molecule has 1 heterocycles. The van der Waals surface area contributed by atoms with Gasteiger partial charge in [-0.25, -0.2) is 5.84 Å². The molecule has 2 amide bonds. The zero-order valence-corrected chi connectivity index (χ0v) is 9.95. The van der Waals surface area contributed by atoms with Gasteiger partial charge in [0.05, 0.1) is 11.8 Å². The van der Waals surface area contributed by atoms with E-state index < -0.39 is 5.41 Å². The average molecular weight is 245 g/mol. The monoisotopic (exact) mass is 245 g/mol. The van der Waals surface area contributed by atoms with E-state index in [2.05, 4.69) is 10.7 Å². The molecule has 0 atom stereocenters. The molecule has 3 rings (SSSR count). The highest BCUT2D eigenvalue weighted by molar-refractivity contribution is 5.99. The largest absolute Gasteiger partial charge is 0.326 e. The van der Waals surface area contributed by atoms with Crippen LogP contribution in [0.2, 0.25) is 0 Å². The number of hydrazine groups is 1. The van der Waals surface area contributed by atoms with Gasteiger partial charge in [0, 0.05) is 5.69 Å². The first-order valence-electron chi connectivity index (χ1n) is 6.10. The van der Waals surface area contributed by atoms with Gasteiger partial charge < -0.3 is 5.32 Å². The summed E-state index contributed by atoms with van der Waals surface area (Å²) in [5, 5.41) is 2.79. The van der Waals surface area contributed by atoms with Gasteiger partial charge in [-0.15, -0.1) is 0 Å². The Balaban J connectivity index is 2.00. The van der Waals surface area contributed by atoms with Crippen LogP contribution in [0.25, 0.3) is 0 Å². The molecule has 2 aliphatic rings. The smallest absolute Gasteiger partial charge is 0.244 e. The van der Waals surface area contributed by atoms with Crippen molar-refractivity contribution in [2.24, 2.45) is 5.84 Å². The SMILES string of the molecule is NNC(=O)C1(c2ccc3c(c2)CC(=O)N3)CCC1. The quantitative estimate of drug-likeness (QED) is 0.405. The number of nitrogens with two attached hydrogens (primary N) is 1. The van der Waals surface area contributed by atoms with Gasteiger partial charge in [0.15, 0.2) is 0 Å². The number of hydrogen-bond donors (Lipinski definition) is 3. The lowest BCUT2D eigenvalue weighted by Gasteiger charge is -2.40. The van der Waals surface area contributed by atoms with Crippen molar-refractivity contribution in [3.8, 4) is 0 Å². The second-order valence-corrected chi connectivity index (χ2v) is 5.01. The van der Waals surface area contributed by atoms with E-state index in [0.29, 0.717) is 6.42 Å². The molecule has 4 N–H and O–H groups in total. The summed E-state index contributed by atoms with van der Waals surface area (Å²) in [6.07, 6.45) is 3.05. The van der Waals surface area contributed by atoms with Gasteiger partial charge >= 0.3 is 0 Å². The molecule has 1 aliphatic heterocycles. The molecule has 0 unspecified atom stereocenters. The normalized spacial score (nSPS) is 19.7. The number of anilines is 1. The Hall–Kier alpha value is -1.88. The molecular weight excluding hydrogens is 230 g/mol. The van der Waals surface area contributed by atoms with E-state index in [1.54, 1.807) is 0 Å². The molecule has 0 aromatic heterocycles. The summed E-state index contributed by atoms with van der Waals surface area (Å²) in [6.45, 7) is 0. The first-order valence-corrected chi connectivity index (χ1v) is 6.10. The molecule has 1 aromatic carbocycles. The summed E-state index contributed by atoms with van der Waals surface area (Å²) in [5.41, 5.74) is 4.55. The van der Waals surface area contributed by atoms with Crippen LogP contribution < -0.4 is 16.6 Å². The van der Waals surface area contributed by atoms with Crippen molar-refractivity contribution in [2.75, 3.05) is 5.32 Å².